The van der Waals surface area contributed by atoms with Crippen molar-refractivity contribution in [2.45, 2.75) is 27.2 Å². The van der Waals surface area contributed by atoms with Crippen LogP contribution in [0.25, 0.3) is 0 Å². The molecule has 0 saturated heterocycles. The highest BCUT2D eigenvalue weighted by atomic mass is 128. The highest BCUT2D eigenvalue weighted by molar-refractivity contribution is 15.0. The summed E-state index contributed by atoms with van der Waals surface area (Å²) in [5.41, 5.74) is -0.470. The molecule has 1 N–H and O–H groups in total. The van der Waals surface area contributed by atoms with Gasteiger partial charge in [0.1, 0.15) is 0 Å². The molecule has 0 radical (unpaired) electrons. The Morgan fingerprint density at radius 2 is 1.92 bits per heavy atom. The molecular weight excluding hydrogens is 386 g/mol. The SMILES string of the molecule is CCC(C)(C)C(=O)OCO.II. The van der Waals surface area contributed by atoms with Crippen LogP contribution < -0.4 is 0 Å². The van der Waals surface area contributed by atoms with Crippen LogP contribution in [0.4, 0.5) is 0 Å². The fourth-order valence-corrected chi connectivity index (χ4v) is 0.398. The fourth-order valence-electron chi connectivity index (χ4n) is 0.398. The molecule has 0 rings (SSSR count). The maximum absolute atomic E-state index is 10.9. The summed E-state index contributed by atoms with van der Waals surface area (Å²) >= 11 is 4.24. The van der Waals surface area contributed by atoms with Crippen LogP contribution in [0.2, 0.25) is 0 Å². The first-order valence-corrected chi connectivity index (χ1v) is 9.75. The van der Waals surface area contributed by atoms with Crippen LogP contribution >= 0.6 is 37.2 Å². The smallest absolute Gasteiger partial charge is 0.313 e. The normalized spacial score (nSPS) is 9.83. The minimum Gasteiger partial charge on any atom is -0.438 e. The molecule has 3 nitrogen and oxygen atoms in total. The van der Waals surface area contributed by atoms with Crippen LogP contribution in [0.15, 0.2) is 0 Å². The zero-order chi connectivity index (χ0) is 10.2. The Morgan fingerprint density at radius 1 is 1.50 bits per heavy atom. The molecule has 0 aromatic carbocycles. The third kappa shape index (κ3) is 6.41. The van der Waals surface area contributed by atoms with Gasteiger partial charge in [-0.3, -0.25) is 4.79 Å². The molecule has 0 aliphatic heterocycles. The number of aliphatic hydroxyl groups is 1. The predicted molar refractivity (Wildman–Crippen MR) is 65.3 cm³/mol. The number of hydrogen-bond acceptors (Lipinski definition) is 3. The van der Waals surface area contributed by atoms with E-state index in [-0.39, 0.29) is 5.97 Å². The fraction of sp³-hybridized carbons (Fsp3) is 0.857. The molecule has 0 aromatic rings. The lowest BCUT2D eigenvalue weighted by molar-refractivity contribution is -0.162. The van der Waals surface area contributed by atoms with Crippen LogP contribution in [0.5, 0.6) is 0 Å². The lowest BCUT2D eigenvalue weighted by Crippen LogP contribution is -2.25. The van der Waals surface area contributed by atoms with Gasteiger partial charge in [0.25, 0.3) is 0 Å². The van der Waals surface area contributed by atoms with E-state index in [0.717, 1.165) is 0 Å². The number of halogens is 2. The minimum absolute atomic E-state index is 0.350. The first-order valence-electron chi connectivity index (χ1n) is 3.47. The van der Waals surface area contributed by atoms with Gasteiger partial charge in [0.15, 0.2) is 6.79 Å². The summed E-state index contributed by atoms with van der Waals surface area (Å²) in [4.78, 5) is 10.9. The van der Waals surface area contributed by atoms with Crippen LogP contribution in [0.1, 0.15) is 27.2 Å². The highest BCUT2D eigenvalue weighted by Gasteiger charge is 2.26. The molecule has 0 spiro atoms. The predicted octanol–water partition coefficient (Wildman–Crippen LogP) is 2.69. The van der Waals surface area contributed by atoms with Crippen LogP contribution in [-0.4, -0.2) is 17.9 Å². The van der Waals surface area contributed by atoms with Gasteiger partial charge in [0, 0.05) is 37.2 Å². The van der Waals surface area contributed by atoms with Gasteiger partial charge in [0.05, 0.1) is 5.41 Å². The molecule has 0 amide bonds. The largest absolute Gasteiger partial charge is 0.438 e. The second kappa shape index (κ2) is 8.49. The van der Waals surface area contributed by atoms with Gasteiger partial charge in [-0.25, -0.2) is 0 Å². The van der Waals surface area contributed by atoms with E-state index < -0.39 is 12.2 Å². The lowest BCUT2D eigenvalue weighted by Gasteiger charge is -2.18. The lowest BCUT2D eigenvalue weighted by atomic mass is 9.91. The van der Waals surface area contributed by atoms with Crippen molar-refractivity contribution in [3.63, 3.8) is 0 Å². The van der Waals surface area contributed by atoms with E-state index in [2.05, 4.69) is 42.0 Å². The van der Waals surface area contributed by atoms with Crippen molar-refractivity contribution >= 4 is 43.2 Å². The zero-order valence-corrected chi connectivity index (χ0v) is 11.7. The molecule has 0 saturated carbocycles. The average molecular weight is 400 g/mol. The third-order valence-electron chi connectivity index (χ3n) is 1.63. The van der Waals surface area contributed by atoms with Gasteiger partial charge in [-0.15, -0.1) is 0 Å². The van der Waals surface area contributed by atoms with Gasteiger partial charge >= 0.3 is 5.97 Å². The van der Waals surface area contributed by atoms with Crippen molar-refractivity contribution < 1.29 is 14.6 Å². The van der Waals surface area contributed by atoms with Gasteiger partial charge in [-0.1, -0.05) is 6.92 Å². The quantitative estimate of drug-likeness (QED) is 0.451. The molecule has 0 aliphatic carbocycles. The number of carbonyl (C=O) groups excluding carboxylic acids is 1. The first kappa shape index (κ1) is 15.4. The summed E-state index contributed by atoms with van der Waals surface area (Å²) in [5.74, 6) is -0.350. The second-order valence-corrected chi connectivity index (χ2v) is 2.80. The third-order valence-corrected chi connectivity index (χ3v) is 1.63. The number of carbonyl (C=O) groups is 1. The Bertz CT molecular complexity index is 126. The Balaban J connectivity index is 0. The minimum atomic E-state index is -0.526. The molecule has 0 unspecified atom stereocenters. The summed E-state index contributed by atoms with van der Waals surface area (Å²) in [6, 6.07) is 0. The standard InChI is InChI=1S/C7H14O3.I2/c1-4-7(2,3)6(9)10-5-8;1-2/h8H,4-5H2,1-3H3;. The van der Waals surface area contributed by atoms with Crippen molar-refractivity contribution in [2.75, 3.05) is 6.79 Å². The van der Waals surface area contributed by atoms with Crippen LogP contribution in [-0.2, 0) is 9.53 Å². The molecule has 12 heavy (non-hydrogen) atoms. The van der Waals surface area contributed by atoms with E-state index in [9.17, 15) is 4.79 Å². The number of hydrogen-bond donors (Lipinski definition) is 1. The summed E-state index contributed by atoms with van der Waals surface area (Å²) in [7, 11) is 0. The molecule has 0 bridgehead atoms. The number of aliphatic hydroxyl groups excluding tert-OH is 1. The van der Waals surface area contributed by atoms with E-state index >= 15 is 0 Å². The van der Waals surface area contributed by atoms with Crippen molar-refractivity contribution in [3.8, 4) is 0 Å². The summed E-state index contributed by atoms with van der Waals surface area (Å²) in [6.45, 7) is 4.94. The molecule has 0 atom stereocenters. The molecule has 0 aliphatic rings. The second-order valence-electron chi connectivity index (χ2n) is 2.80. The van der Waals surface area contributed by atoms with Crippen molar-refractivity contribution in [2.24, 2.45) is 5.41 Å². The van der Waals surface area contributed by atoms with Crippen LogP contribution in [0, 0.1) is 5.41 Å². The molecule has 0 aromatic heterocycles. The average Bonchev–Trinajstić information content (AvgIpc) is 2.08. The number of ether oxygens (including phenoxy) is 1. The Kier molecular flexibility index (Phi) is 10.9. The van der Waals surface area contributed by atoms with Gasteiger partial charge in [-0.05, 0) is 20.3 Å². The van der Waals surface area contributed by atoms with Crippen molar-refractivity contribution in [3.05, 3.63) is 0 Å². The van der Waals surface area contributed by atoms with E-state index in [1.165, 1.54) is 0 Å². The first-order chi connectivity index (χ1) is 5.54. The zero-order valence-electron chi connectivity index (χ0n) is 7.43. The Hall–Kier alpha value is 0.890. The Morgan fingerprint density at radius 3 is 2.17 bits per heavy atom. The summed E-state index contributed by atoms with van der Waals surface area (Å²) in [5, 5.41) is 8.25. The van der Waals surface area contributed by atoms with E-state index in [1.807, 2.05) is 6.92 Å². The van der Waals surface area contributed by atoms with E-state index in [0.29, 0.717) is 6.42 Å². The molecule has 74 valence electrons. The number of esters is 1. The van der Waals surface area contributed by atoms with Crippen LogP contribution in [0.3, 0.4) is 0 Å². The summed E-state index contributed by atoms with van der Waals surface area (Å²) < 4.78 is 4.41. The van der Waals surface area contributed by atoms with Gasteiger partial charge < -0.3 is 9.84 Å². The van der Waals surface area contributed by atoms with Crippen molar-refractivity contribution in [1.82, 2.24) is 0 Å². The molecule has 0 fully saturated rings. The van der Waals surface area contributed by atoms with Gasteiger partial charge in [-0.2, -0.15) is 0 Å². The van der Waals surface area contributed by atoms with E-state index in [1.54, 1.807) is 13.8 Å². The molecular formula is C7H14I2O3. The monoisotopic (exact) mass is 400 g/mol. The Labute approximate surface area is 96.6 Å². The maximum Gasteiger partial charge on any atom is 0.313 e. The number of rotatable bonds is 3. The molecule has 0 heterocycles. The molecule has 5 heteroatoms. The highest BCUT2D eigenvalue weighted by Crippen LogP contribution is 2.20. The van der Waals surface area contributed by atoms with Crippen molar-refractivity contribution in [1.29, 1.82) is 0 Å². The maximum atomic E-state index is 10.9. The topological polar surface area (TPSA) is 46.5 Å². The summed E-state index contributed by atoms with van der Waals surface area (Å²) in [6.07, 6.45) is 0.714. The van der Waals surface area contributed by atoms with Gasteiger partial charge in [0.2, 0.25) is 0 Å². The van der Waals surface area contributed by atoms with E-state index in [4.69, 9.17) is 5.11 Å².